The van der Waals surface area contributed by atoms with E-state index in [1.165, 1.54) is 0 Å². The summed E-state index contributed by atoms with van der Waals surface area (Å²) in [5.74, 6) is 0.380. The molecule has 25 heavy (non-hydrogen) atoms. The highest BCUT2D eigenvalue weighted by Gasteiger charge is 2.30. The van der Waals surface area contributed by atoms with E-state index in [9.17, 15) is 9.59 Å². The van der Waals surface area contributed by atoms with Gasteiger partial charge in [-0.25, -0.2) is 0 Å². The van der Waals surface area contributed by atoms with Crippen LogP contribution in [0.25, 0.3) is 0 Å². The standard InChI is InChI=1S/C18H25N5O2/c19-10-15-3-2-8-23(15)17(24)12-21-14-6-5-13(9-14)11-22-18(25)16-4-1-7-20-16/h1,4,7,13-15,20-21H,2-3,5-6,8-9,11-12H2,(H,22,25)/t13-,14+,15-/m0/s1. The molecule has 0 bridgehead atoms. The Kier molecular flexibility index (Phi) is 5.71. The van der Waals surface area contributed by atoms with Gasteiger partial charge in [-0.15, -0.1) is 0 Å². The van der Waals surface area contributed by atoms with Gasteiger partial charge in [-0.3, -0.25) is 9.59 Å². The first-order chi connectivity index (χ1) is 12.2. The minimum atomic E-state index is -0.256. The molecule has 2 heterocycles. The lowest BCUT2D eigenvalue weighted by Crippen LogP contribution is -2.43. The molecule has 2 aliphatic rings. The summed E-state index contributed by atoms with van der Waals surface area (Å²) in [4.78, 5) is 28.8. The molecule has 7 heteroatoms. The second-order valence-corrected chi connectivity index (χ2v) is 6.92. The van der Waals surface area contributed by atoms with Crippen molar-refractivity contribution in [1.29, 1.82) is 5.26 Å². The van der Waals surface area contributed by atoms with Crippen LogP contribution < -0.4 is 10.6 Å². The van der Waals surface area contributed by atoms with Crippen LogP contribution in [0.1, 0.15) is 42.6 Å². The summed E-state index contributed by atoms with van der Waals surface area (Å²) in [6, 6.07) is 5.81. The molecule has 1 aliphatic carbocycles. The first kappa shape index (κ1) is 17.5. The molecule has 1 saturated heterocycles. The molecule has 1 saturated carbocycles. The predicted octanol–water partition coefficient (Wildman–Crippen LogP) is 1.02. The molecule has 7 nitrogen and oxygen atoms in total. The number of nitrogens with one attached hydrogen (secondary N) is 3. The average Bonchev–Trinajstić information content (AvgIpc) is 3.38. The number of carbonyl (C=O) groups excluding carboxylic acids is 2. The van der Waals surface area contributed by atoms with E-state index in [1.807, 2.05) is 0 Å². The van der Waals surface area contributed by atoms with E-state index in [1.54, 1.807) is 23.2 Å². The van der Waals surface area contributed by atoms with Gasteiger partial charge in [0, 0.05) is 25.3 Å². The van der Waals surface area contributed by atoms with Crippen molar-refractivity contribution in [2.24, 2.45) is 5.92 Å². The second-order valence-electron chi connectivity index (χ2n) is 6.92. The molecule has 1 aromatic heterocycles. The first-order valence-corrected chi connectivity index (χ1v) is 9.01. The van der Waals surface area contributed by atoms with Gasteiger partial charge in [0.25, 0.3) is 5.91 Å². The molecule has 3 atom stereocenters. The molecule has 2 amide bonds. The van der Waals surface area contributed by atoms with Crippen molar-refractivity contribution in [2.45, 2.75) is 44.2 Å². The van der Waals surface area contributed by atoms with Gasteiger partial charge < -0.3 is 20.5 Å². The first-order valence-electron chi connectivity index (χ1n) is 9.01. The number of amides is 2. The Morgan fingerprint density at radius 3 is 3.00 bits per heavy atom. The predicted molar refractivity (Wildman–Crippen MR) is 92.6 cm³/mol. The Morgan fingerprint density at radius 1 is 1.36 bits per heavy atom. The molecule has 134 valence electrons. The number of rotatable bonds is 6. The van der Waals surface area contributed by atoms with Gasteiger partial charge in [-0.2, -0.15) is 5.26 Å². The maximum absolute atomic E-state index is 12.3. The van der Waals surface area contributed by atoms with Crippen LogP contribution >= 0.6 is 0 Å². The van der Waals surface area contributed by atoms with Crippen molar-refractivity contribution in [3.8, 4) is 6.07 Å². The summed E-state index contributed by atoms with van der Waals surface area (Å²) in [6.45, 7) is 1.65. The highest BCUT2D eigenvalue weighted by molar-refractivity contribution is 5.92. The quantitative estimate of drug-likeness (QED) is 0.718. The molecule has 0 spiro atoms. The van der Waals surface area contributed by atoms with Crippen molar-refractivity contribution in [1.82, 2.24) is 20.5 Å². The Bertz CT molecular complexity index is 636. The van der Waals surface area contributed by atoms with Gasteiger partial charge in [-0.05, 0) is 50.2 Å². The lowest BCUT2D eigenvalue weighted by molar-refractivity contribution is -0.130. The molecular weight excluding hydrogens is 318 g/mol. The third-order valence-electron chi connectivity index (χ3n) is 5.20. The number of H-pyrrole nitrogens is 1. The largest absolute Gasteiger partial charge is 0.357 e. The van der Waals surface area contributed by atoms with E-state index in [2.05, 4.69) is 21.7 Å². The summed E-state index contributed by atoms with van der Waals surface area (Å²) in [7, 11) is 0. The van der Waals surface area contributed by atoms with Crippen LogP contribution in [-0.4, -0.2) is 53.4 Å². The van der Waals surface area contributed by atoms with Gasteiger partial charge in [0.15, 0.2) is 0 Å². The summed E-state index contributed by atoms with van der Waals surface area (Å²) < 4.78 is 0. The van der Waals surface area contributed by atoms with E-state index < -0.39 is 0 Å². The van der Waals surface area contributed by atoms with E-state index in [0.29, 0.717) is 37.3 Å². The fourth-order valence-electron chi connectivity index (χ4n) is 3.78. The Labute approximate surface area is 147 Å². The number of nitriles is 1. The average molecular weight is 343 g/mol. The van der Waals surface area contributed by atoms with E-state index in [4.69, 9.17) is 5.26 Å². The SMILES string of the molecule is N#C[C@@H]1CCCN1C(=O)CN[C@@H]1CC[C@H](CNC(=O)c2ccc[nH]2)C1. The van der Waals surface area contributed by atoms with Crippen molar-refractivity contribution >= 4 is 11.8 Å². The summed E-state index contributed by atoms with van der Waals surface area (Å²) in [5.41, 5.74) is 0.580. The molecule has 2 fully saturated rings. The third kappa shape index (κ3) is 4.40. The molecule has 3 rings (SSSR count). The minimum absolute atomic E-state index is 0.0209. The van der Waals surface area contributed by atoms with Gasteiger partial charge in [0.1, 0.15) is 11.7 Å². The maximum Gasteiger partial charge on any atom is 0.267 e. The Morgan fingerprint density at radius 2 is 2.24 bits per heavy atom. The van der Waals surface area contributed by atoms with Crippen LogP contribution in [0.5, 0.6) is 0 Å². The Balaban J connectivity index is 1.36. The normalized spacial score (nSPS) is 25.7. The third-order valence-corrected chi connectivity index (χ3v) is 5.20. The van der Waals surface area contributed by atoms with Gasteiger partial charge in [0.2, 0.25) is 5.91 Å². The van der Waals surface area contributed by atoms with Crippen molar-refractivity contribution < 1.29 is 9.59 Å². The zero-order valence-corrected chi connectivity index (χ0v) is 14.3. The minimum Gasteiger partial charge on any atom is -0.357 e. The van der Waals surface area contributed by atoms with Gasteiger partial charge in [0.05, 0.1) is 12.6 Å². The Hall–Kier alpha value is -2.33. The lowest BCUT2D eigenvalue weighted by atomic mass is 10.1. The van der Waals surface area contributed by atoms with Crippen LogP contribution in [-0.2, 0) is 4.79 Å². The number of nitrogens with zero attached hydrogens (tertiary/aromatic N) is 2. The maximum atomic E-state index is 12.3. The number of likely N-dealkylation sites (tertiary alicyclic amines) is 1. The highest BCUT2D eigenvalue weighted by Crippen LogP contribution is 2.25. The van der Waals surface area contributed by atoms with Crippen molar-refractivity contribution in [3.63, 3.8) is 0 Å². The summed E-state index contributed by atoms with van der Waals surface area (Å²) in [5, 5.41) is 15.4. The van der Waals surface area contributed by atoms with Crippen LogP contribution in [0.15, 0.2) is 18.3 Å². The van der Waals surface area contributed by atoms with E-state index >= 15 is 0 Å². The molecular formula is C18H25N5O2. The molecule has 0 aromatic carbocycles. The summed E-state index contributed by atoms with van der Waals surface area (Å²) in [6.07, 6.45) is 6.45. The smallest absolute Gasteiger partial charge is 0.267 e. The molecule has 0 unspecified atom stereocenters. The van der Waals surface area contributed by atoms with Crippen LogP contribution in [0, 0.1) is 17.2 Å². The van der Waals surface area contributed by atoms with Crippen LogP contribution in [0.3, 0.4) is 0 Å². The fourth-order valence-corrected chi connectivity index (χ4v) is 3.78. The van der Waals surface area contributed by atoms with Crippen LogP contribution in [0.4, 0.5) is 0 Å². The van der Waals surface area contributed by atoms with E-state index in [0.717, 1.165) is 32.1 Å². The number of carbonyl (C=O) groups is 2. The molecule has 3 N–H and O–H groups in total. The topological polar surface area (TPSA) is 101 Å². The number of hydrogen-bond donors (Lipinski definition) is 3. The van der Waals surface area contributed by atoms with Crippen molar-refractivity contribution in [3.05, 3.63) is 24.0 Å². The highest BCUT2D eigenvalue weighted by atomic mass is 16.2. The number of hydrogen-bond acceptors (Lipinski definition) is 4. The van der Waals surface area contributed by atoms with E-state index in [-0.39, 0.29) is 17.9 Å². The number of aromatic amines is 1. The number of aromatic nitrogens is 1. The fraction of sp³-hybridized carbons (Fsp3) is 0.611. The van der Waals surface area contributed by atoms with Gasteiger partial charge >= 0.3 is 0 Å². The monoisotopic (exact) mass is 343 g/mol. The summed E-state index contributed by atoms with van der Waals surface area (Å²) >= 11 is 0. The zero-order valence-electron chi connectivity index (χ0n) is 14.3. The van der Waals surface area contributed by atoms with Gasteiger partial charge in [-0.1, -0.05) is 0 Å². The zero-order chi connectivity index (χ0) is 17.6. The molecule has 1 aliphatic heterocycles. The lowest BCUT2D eigenvalue weighted by Gasteiger charge is -2.21. The van der Waals surface area contributed by atoms with Crippen LogP contribution in [0.2, 0.25) is 0 Å². The second kappa shape index (κ2) is 8.17. The molecule has 1 aromatic rings. The van der Waals surface area contributed by atoms with Crippen molar-refractivity contribution in [2.75, 3.05) is 19.6 Å². The molecule has 0 radical (unpaired) electrons.